The summed E-state index contributed by atoms with van der Waals surface area (Å²) in [5, 5.41) is 12.5. The molecular formula is C19H19BrN2O3S2. The highest BCUT2D eigenvalue weighted by Gasteiger charge is 2.30. The lowest BCUT2D eigenvalue weighted by atomic mass is 10.0. The average molecular weight is 467 g/mol. The number of piperazine rings is 1. The van der Waals surface area contributed by atoms with Crippen molar-refractivity contribution in [2.75, 3.05) is 26.2 Å². The van der Waals surface area contributed by atoms with Crippen LogP contribution >= 0.6 is 27.3 Å². The van der Waals surface area contributed by atoms with Crippen molar-refractivity contribution in [3.05, 3.63) is 57.9 Å². The van der Waals surface area contributed by atoms with Crippen molar-refractivity contribution in [3.63, 3.8) is 0 Å². The van der Waals surface area contributed by atoms with Gasteiger partial charge in [-0.15, -0.1) is 11.3 Å². The zero-order chi connectivity index (χ0) is 19.0. The predicted octanol–water partition coefficient (Wildman–Crippen LogP) is 3.88. The Balaban J connectivity index is 1.49. The van der Waals surface area contributed by atoms with E-state index in [0.717, 1.165) is 20.1 Å². The highest BCUT2D eigenvalue weighted by Crippen LogP contribution is 2.31. The molecule has 0 aliphatic carbocycles. The molecule has 0 atom stereocenters. The number of sulfonamides is 1. The maximum absolute atomic E-state index is 12.8. The van der Waals surface area contributed by atoms with Crippen LogP contribution in [0.5, 0.6) is 5.75 Å². The Morgan fingerprint density at radius 3 is 2.44 bits per heavy atom. The first-order valence-corrected chi connectivity index (χ1v) is 11.7. The summed E-state index contributed by atoms with van der Waals surface area (Å²) in [6, 6.07) is 15.0. The number of phenolic OH excluding ortho intramolecular Hbond substituents is 1. The molecule has 0 radical (unpaired) electrons. The molecular weight excluding hydrogens is 448 g/mol. The van der Waals surface area contributed by atoms with Gasteiger partial charge in [-0.05, 0) is 44.9 Å². The smallest absolute Gasteiger partial charge is 0.252 e. The first-order chi connectivity index (χ1) is 12.9. The molecule has 0 unspecified atom stereocenters. The van der Waals surface area contributed by atoms with E-state index < -0.39 is 10.0 Å². The number of nitrogens with zero attached hydrogens (tertiary/aromatic N) is 2. The van der Waals surface area contributed by atoms with Crippen LogP contribution in [0, 0.1) is 0 Å². The molecule has 0 bridgehead atoms. The largest absolute Gasteiger partial charge is 0.508 e. The van der Waals surface area contributed by atoms with Gasteiger partial charge in [0, 0.05) is 38.3 Å². The summed E-state index contributed by atoms with van der Waals surface area (Å²) in [6.45, 7) is 2.77. The van der Waals surface area contributed by atoms with Gasteiger partial charge in [-0.3, -0.25) is 4.90 Å². The molecule has 8 heteroatoms. The van der Waals surface area contributed by atoms with E-state index in [9.17, 15) is 13.5 Å². The summed E-state index contributed by atoms with van der Waals surface area (Å²) < 4.78 is 28.2. The molecule has 0 amide bonds. The van der Waals surface area contributed by atoms with Crippen LogP contribution in [-0.2, 0) is 16.6 Å². The van der Waals surface area contributed by atoms with Crippen LogP contribution in [0.3, 0.4) is 0 Å². The molecule has 2 heterocycles. The number of aromatic hydroxyl groups is 1. The second kappa shape index (κ2) is 7.52. The number of halogens is 1. The molecule has 1 aliphatic heterocycles. The Bertz CT molecular complexity index is 1070. The van der Waals surface area contributed by atoms with Crippen LogP contribution in [0.15, 0.2) is 56.5 Å². The maximum atomic E-state index is 12.8. The number of fused-ring (bicyclic) bond motifs is 1. The van der Waals surface area contributed by atoms with Gasteiger partial charge >= 0.3 is 0 Å². The lowest BCUT2D eigenvalue weighted by Gasteiger charge is -2.34. The first kappa shape index (κ1) is 18.9. The van der Waals surface area contributed by atoms with Gasteiger partial charge in [0.1, 0.15) is 9.96 Å². The minimum Gasteiger partial charge on any atom is -0.508 e. The predicted molar refractivity (Wildman–Crippen MR) is 112 cm³/mol. The van der Waals surface area contributed by atoms with Crippen LogP contribution in [0.25, 0.3) is 10.8 Å². The van der Waals surface area contributed by atoms with E-state index in [1.807, 2.05) is 30.3 Å². The number of benzene rings is 2. The fraction of sp³-hybridized carbons (Fsp3) is 0.263. The van der Waals surface area contributed by atoms with Crippen molar-refractivity contribution in [1.82, 2.24) is 9.21 Å². The van der Waals surface area contributed by atoms with E-state index in [1.54, 1.807) is 22.5 Å². The second-order valence-corrected chi connectivity index (χ2v) is 11.2. The molecule has 0 spiro atoms. The lowest BCUT2D eigenvalue weighted by Crippen LogP contribution is -2.48. The molecule has 1 aromatic heterocycles. The highest BCUT2D eigenvalue weighted by atomic mass is 79.9. The Hall–Kier alpha value is -1.45. The van der Waals surface area contributed by atoms with Crippen LogP contribution in [0.1, 0.15) is 5.56 Å². The van der Waals surface area contributed by atoms with Gasteiger partial charge in [0.15, 0.2) is 0 Å². The molecule has 4 rings (SSSR count). The third-order valence-electron chi connectivity index (χ3n) is 4.87. The van der Waals surface area contributed by atoms with E-state index >= 15 is 0 Å². The summed E-state index contributed by atoms with van der Waals surface area (Å²) in [4.78, 5) is 2.19. The van der Waals surface area contributed by atoms with Crippen LogP contribution in [0.4, 0.5) is 0 Å². The summed E-state index contributed by atoms with van der Waals surface area (Å²) in [6.07, 6.45) is 0. The summed E-state index contributed by atoms with van der Waals surface area (Å²) >= 11 is 4.56. The van der Waals surface area contributed by atoms with Gasteiger partial charge in [0.2, 0.25) is 0 Å². The molecule has 1 aliphatic rings. The standard InChI is InChI=1S/C19H19BrN2O3S2/c20-18-7-8-19(26-18)27(24,25)22-11-9-21(10-12-22)13-16-15-4-2-1-3-14(15)5-6-17(16)23/h1-8,23H,9-13H2. The zero-order valence-corrected chi connectivity index (χ0v) is 17.7. The van der Waals surface area contributed by atoms with Crippen molar-refractivity contribution < 1.29 is 13.5 Å². The van der Waals surface area contributed by atoms with E-state index in [0.29, 0.717) is 36.9 Å². The molecule has 142 valence electrons. The Labute approximate surface area is 171 Å². The molecule has 27 heavy (non-hydrogen) atoms. The number of rotatable bonds is 4. The van der Waals surface area contributed by atoms with Gasteiger partial charge in [-0.25, -0.2) is 8.42 Å². The number of hydrogen-bond donors (Lipinski definition) is 1. The number of thiophene rings is 1. The minimum absolute atomic E-state index is 0.284. The Morgan fingerprint density at radius 1 is 1.00 bits per heavy atom. The van der Waals surface area contributed by atoms with Gasteiger partial charge in [0.25, 0.3) is 10.0 Å². The third-order valence-corrected chi connectivity index (χ3v) is 8.86. The minimum atomic E-state index is -3.43. The van der Waals surface area contributed by atoms with Crippen molar-refractivity contribution >= 4 is 48.1 Å². The van der Waals surface area contributed by atoms with Crippen molar-refractivity contribution in [2.45, 2.75) is 10.8 Å². The molecule has 3 aromatic rings. The van der Waals surface area contributed by atoms with E-state index in [-0.39, 0.29) is 5.75 Å². The van der Waals surface area contributed by atoms with Crippen molar-refractivity contribution in [1.29, 1.82) is 0 Å². The average Bonchev–Trinajstić information content (AvgIpc) is 3.12. The molecule has 1 fully saturated rings. The van der Waals surface area contributed by atoms with Crippen LogP contribution < -0.4 is 0 Å². The van der Waals surface area contributed by atoms with E-state index in [2.05, 4.69) is 20.8 Å². The van der Waals surface area contributed by atoms with Crippen LogP contribution in [0.2, 0.25) is 0 Å². The third kappa shape index (κ3) is 3.77. The van der Waals surface area contributed by atoms with Gasteiger partial charge in [-0.1, -0.05) is 30.3 Å². The fourth-order valence-corrected chi connectivity index (χ4v) is 6.99. The maximum Gasteiger partial charge on any atom is 0.252 e. The van der Waals surface area contributed by atoms with Gasteiger partial charge < -0.3 is 5.11 Å². The van der Waals surface area contributed by atoms with Crippen LogP contribution in [-0.4, -0.2) is 48.9 Å². The van der Waals surface area contributed by atoms with Crippen molar-refractivity contribution in [3.8, 4) is 5.75 Å². The molecule has 5 nitrogen and oxygen atoms in total. The molecule has 1 saturated heterocycles. The topological polar surface area (TPSA) is 60.9 Å². The fourth-order valence-electron chi connectivity index (χ4n) is 3.41. The SMILES string of the molecule is O=S(=O)(c1ccc(Br)s1)N1CCN(Cc2c(O)ccc3ccccc23)CC1. The Kier molecular flexibility index (Phi) is 5.26. The van der Waals surface area contributed by atoms with E-state index in [1.165, 1.54) is 11.3 Å². The summed E-state index contributed by atoms with van der Waals surface area (Å²) in [5.74, 6) is 0.284. The lowest BCUT2D eigenvalue weighted by molar-refractivity contribution is 0.181. The summed E-state index contributed by atoms with van der Waals surface area (Å²) in [5.41, 5.74) is 0.895. The van der Waals surface area contributed by atoms with E-state index in [4.69, 9.17) is 0 Å². The molecule has 2 aromatic carbocycles. The number of hydrogen-bond acceptors (Lipinski definition) is 5. The Morgan fingerprint density at radius 2 is 1.74 bits per heavy atom. The second-order valence-electron chi connectivity index (χ2n) is 6.52. The quantitative estimate of drug-likeness (QED) is 0.633. The first-order valence-electron chi connectivity index (χ1n) is 8.62. The molecule has 1 N–H and O–H groups in total. The normalized spacial score (nSPS) is 16.8. The summed E-state index contributed by atoms with van der Waals surface area (Å²) in [7, 11) is -3.43. The number of phenols is 1. The molecule has 0 saturated carbocycles. The highest BCUT2D eigenvalue weighted by molar-refractivity contribution is 9.11. The monoisotopic (exact) mass is 466 g/mol. The zero-order valence-electron chi connectivity index (χ0n) is 14.5. The van der Waals surface area contributed by atoms with Crippen molar-refractivity contribution in [2.24, 2.45) is 0 Å². The van der Waals surface area contributed by atoms with Gasteiger partial charge in [-0.2, -0.15) is 4.31 Å². The van der Waals surface area contributed by atoms with Gasteiger partial charge in [0.05, 0.1) is 3.79 Å².